The van der Waals surface area contributed by atoms with Crippen molar-refractivity contribution in [3.05, 3.63) is 36.3 Å². The van der Waals surface area contributed by atoms with E-state index in [4.69, 9.17) is 4.42 Å². The molecule has 1 aromatic heterocycles. The highest BCUT2D eigenvalue weighted by atomic mass is 16.3. The van der Waals surface area contributed by atoms with Crippen molar-refractivity contribution in [2.45, 2.75) is 71.4 Å². The monoisotopic (exact) mass is 424 g/mol. The van der Waals surface area contributed by atoms with Crippen LogP contribution < -0.4 is 5.32 Å². The van der Waals surface area contributed by atoms with Gasteiger partial charge in [0.1, 0.15) is 5.76 Å². The lowest BCUT2D eigenvalue weighted by atomic mass is 9.47. The third-order valence-electron chi connectivity index (χ3n) is 9.81. The van der Waals surface area contributed by atoms with Crippen molar-refractivity contribution in [1.82, 2.24) is 10.2 Å². The third kappa shape index (κ3) is 3.02. The van der Waals surface area contributed by atoms with Gasteiger partial charge in [0, 0.05) is 25.4 Å². The van der Waals surface area contributed by atoms with Gasteiger partial charge in [-0.1, -0.05) is 19.9 Å². The number of hydrogen-bond acceptors (Lipinski definition) is 3. The van der Waals surface area contributed by atoms with E-state index < -0.39 is 0 Å². The van der Waals surface area contributed by atoms with Gasteiger partial charge in [-0.15, -0.1) is 0 Å². The third-order valence-corrected chi connectivity index (χ3v) is 9.81. The van der Waals surface area contributed by atoms with E-state index in [1.807, 2.05) is 30.2 Å². The normalized spacial score (nSPS) is 42.5. The topological polar surface area (TPSA) is 62.6 Å². The molecule has 5 nitrogen and oxygen atoms in total. The van der Waals surface area contributed by atoms with Crippen molar-refractivity contribution in [1.29, 1.82) is 0 Å². The fourth-order valence-electron chi connectivity index (χ4n) is 8.38. The Morgan fingerprint density at radius 3 is 2.71 bits per heavy atom. The van der Waals surface area contributed by atoms with E-state index in [1.54, 1.807) is 13.2 Å². The van der Waals surface area contributed by atoms with E-state index in [9.17, 15) is 9.59 Å². The number of furan rings is 1. The molecule has 3 aliphatic carbocycles. The zero-order valence-electron chi connectivity index (χ0n) is 19.3. The molecule has 4 aliphatic rings. The summed E-state index contributed by atoms with van der Waals surface area (Å²) in [6, 6.07) is 4.20. The van der Waals surface area contributed by atoms with Crippen LogP contribution in [0.25, 0.3) is 0 Å². The van der Waals surface area contributed by atoms with Crippen molar-refractivity contribution in [2.24, 2.45) is 34.5 Å². The van der Waals surface area contributed by atoms with Crippen LogP contribution in [0.5, 0.6) is 0 Å². The van der Waals surface area contributed by atoms with Gasteiger partial charge in [0.2, 0.25) is 11.8 Å². The lowest BCUT2D eigenvalue weighted by Crippen LogP contribution is -2.59. The number of carbonyl (C=O) groups is 2. The van der Waals surface area contributed by atoms with Crippen LogP contribution in [0.1, 0.15) is 71.1 Å². The standard InChI is InChI=1S/C26H36N2O3/c1-16(29)27-24(21-6-5-15-31-21)20-9-8-18-17-7-10-22-26(3,14-12-23(30)28(22)4)19(17)11-13-25(18,20)2/h5-6,12,14-15,17-20,22,24H,7-11,13H2,1-4H3,(H,27,29)/t17-,18-,19-,20+,22+,24?,25-,26+/m0/s1. The van der Waals surface area contributed by atoms with E-state index in [0.29, 0.717) is 29.7 Å². The fraction of sp³-hybridized carbons (Fsp3) is 0.692. The van der Waals surface area contributed by atoms with Gasteiger partial charge in [-0.2, -0.15) is 0 Å². The van der Waals surface area contributed by atoms with Crippen LogP contribution >= 0.6 is 0 Å². The first-order valence-corrected chi connectivity index (χ1v) is 12.0. The number of likely N-dealkylation sites (N-methyl/N-ethyl adjacent to an activating group) is 1. The molecule has 5 heteroatoms. The molecule has 2 amide bonds. The van der Waals surface area contributed by atoms with Crippen molar-refractivity contribution in [3.8, 4) is 0 Å². The van der Waals surface area contributed by atoms with Crippen LogP contribution in [0.4, 0.5) is 0 Å². The summed E-state index contributed by atoms with van der Waals surface area (Å²) in [5.41, 5.74) is 0.271. The molecule has 3 fully saturated rings. The minimum atomic E-state index is -0.0516. The zero-order chi connectivity index (χ0) is 22.0. The van der Waals surface area contributed by atoms with E-state index in [2.05, 4.69) is 25.2 Å². The van der Waals surface area contributed by atoms with Gasteiger partial charge in [0.05, 0.1) is 12.3 Å². The Hall–Kier alpha value is -2.04. The van der Waals surface area contributed by atoms with Crippen LogP contribution in [-0.4, -0.2) is 29.8 Å². The molecule has 0 spiro atoms. The Morgan fingerprint density at radius 2 is 2.00 bits per heavy atom. The molecule has 1 unspecified atom stereocenters. The van der Waals surface area contributed by atoms with Crippen LogP contribution in [0, 0.1) is 34.5 Å². The highest BCUT2D eigenvalue weighted by molar-refractivity contribution is 5.89. The molecule has 0 bridgehead atoms. The second-order valence-electron chi connectivity index (χ2n) is 11.0. The average Bonchev–Trinajstić information content (AvgIpc) is 3.37. The SMILES string of the molecule is CC(=O)NC(c1ccco1)[C@H]1CC[C@H]2[C@@H]3CC[C@H]4N(C)C(=O)C=C[C@]4(C)[C@H]3CC[C@]12C. The Kier molecular flexibility index (Phi) is 4.87. The summed E-state index contributed by atoms with van der Waals surface area (Å²) in [6.45, 7) is 6.48. The van der Waals surface area contributed by atoms with Gasteiger partial charge in [0.25, 0.3) is 0 Å². The Balaban J connectivity index is 1.45. The number of hydrogen-bond donors (Lipinski definition) is 1. The van der Waals surface area contributed by atoms with Crippen molar-refractivity contribution >= 4 is 11.8 Å². The highest BCUT2D eigenvalue weighted by Crippen LogP contribution is 2.67. The molecular weight excluding hydrogens is 388 g/mol. The summed E-state index contributed by atoms with van der Waals surface area (Å²) in [7, 11) is 1.98. The predicted octanol–water partition coefficient (Wildman–Crippen LogP) is 4.71. The van der Waals surface area contributed by atoms with Crippen LogP contribution in [0.2, 0.25) is 0 Å². The maximum atomic E-state index is 12.3. The quantitative estimate of drug-likeness (QED) is 0.764. The molecule has 8 atom stereocenters. The summed E-state index contributed by atoms with van der Waals surface area (Å²) < 4.78 is 5.79. The van der Waals surface area contributed by atoms with Crippen molar-refractivity contribution in [2.75, 3.05) is 7.05 Å². The minimum absolute atomic E-state index is 0.00945. The fourth-order valence-corrected chi connectivity index (χ4v) is 8.38. The number of nitrogens with one attached hydrogen (secondary N) is 1. The number of nitrogens with zero attached hydrogens (tertiary/aromatic N) is 1. The second kappa shape index (κ2) is 7.25. The zero-order valence-corrected chi connectivity index (χ0v) is 19.3. The van der Waals surface area contributed by atoms with E-state index >= 15 is 0 Å². The lowest BCUT2D eigenvalue weighted by Gasteiger charge is -2.60. The summed E-state index contributed by atoms with van der Waals surface area (Å²) in [4.78, 5) is 26.4. The maximum Gasteiger partial charge on any atom is 0.246 e. The molecule has 0 radical (unpaired) electrons. The van der Waals surface area contributed by atoms with Gasteiger partial charge < -0.3 is 14.6 Å². The molecule has 0 aromatic carbocycles. The molecule has 2 heterocycles. The smallest absolute Gasteiger partial charge is 0.246 e. The molecule has 0 saturated heterocycles. The molecule has 168 valence electrons. The summed E-state index contributed by atoms with van der Waals surface area (Å²) in [6.07, 6.45) is 12.8. The van der Waals surface area contributed by atoms with Crippen LogP contribution in [0.3, 0.4) is 0 Å². The largest absolute Gasteiger partial charge is 0.467 e. The molecule has 1 N–H and O–H groups in total. The first-order chi connectivity index (χ1) is 14.8. The Morgan fingerprint density at radius 1 is 1.19 bits per heavy atom. The summed E-state index contributed by atoms with van der Waals surface area (Å²) in [5.74, 6) is 3.41. The Bertz CT molecular complexity index is 892. The van der Waals surface area contributed by atoms with Crippen LogP contribution in [-0.2, 0) is 9.59 Å². The molecule has 31 heavy (non-hydrogen) atoms. The minimum Gasteiger partial charge on any atom is -0.467 e. The van der Waals surface area contributed by atoms with Gasteiger partial charge in [-0.25, -0.2) is 0 Å². The average molecular weight is 425 g/mol. The van der Waals surface area contributed by atoms with Gasteiger partial charge in [-0.3, -0.25) is 9.59 Å². The summed E-state index contributed by atoms with van der Waals surface area (Å²) in [5, 5.41) is 3.23. The van der Waals surface area contributed by atoms with E-state index in [-0.39, 0.29) is 28.7 Å². The molecule has 1 aliphatic heterocycles. The number of rotatable bonds is 3. The number of amides is 2. The Labute approximate surface area is 185 Å². The van der Waals surface area contributed by atoms with Crippen molar-refractivity contribution < 1.29 is 14.0 Å². The first kappa shape index (κ1) is 20.8. The second-order valence-corrected chi connectivity index (χ2v) is 11.0. The van der Waals surface area contributed by atoms with Crippen molar-refractivity contribution in [3.63, 3.8) is 0 Å². The van der Waals surface area contributed by atoms with Gasteiger partial charge >= 0.3 is 0 Å². The molecular formula is C26H36N2O3. The molecule has 3 saturated carbocycles. The molecule has 1 aromatic rings. The predicted molar refractivity (Wildman–Crippen MR) is 119 cm³/mol. The maximum absolute atomic E-state index is 12.3. The van der Waals surface area contributed by atoms with E-state index in [1.165, 1.54) is 25.7 Å². The number of fused-ring (bicyclic) bond motifs is 5. The first-order valence-electron chi connectivity index (χ1n) is 12.0. The summed E-state index contributed by atoms with van der Waals surface area (Å²) >= 11 is 0. The van der Waals surface area contributed by atoms with E-state index in [0.717, 1.165) is 18.6 Å². The number of carbonyl (C=O) groups excluding carboxylic acids is 2. The van der Waals surface area contributed by atoms with Gasteiger partial charge in [0.15, 0.2) is 0 Å². The highest BCUT2D eigenvalue weighted by Gasteiger charge is 2.61. The lowest BCUT2D eigenvalue weighted by molar-refractivity contribution is -0.139. The van der Waals surface area contributed by atoms with Crippen LogP contribution in [0.15, 0.2) is 35.0 Å². The van der Waals surface area contributed by atoms with Gasteiger partial charge in [-0.05, 0) is 85.8 Å². The molecule has 5 rings (SSSR count).